The van der Waals surface area contributed by atoms with Gasteiger partial charge in [-0.25, -0.2) is 4.98 Å². The van der Waals surface area contributed by atoms with Crippen LogP contribution in [0.2, 0.25) is 0 Å². The number of anilines is 2. The van der Waals surface area contributed by atoms with Crippen molar-refractivity contribution in [2.24, 2.45) is 5.92 Å². The second-order valence-corrected chi connectivity index (χ2v) is 7.81. The molecule has 2 aliphatic rings. The minimum absolute atomic E-state index is 0.0217. The smallest absolute Gasteiger partial charge is 0.227 e. The highest BCUT2D eigenvalue weighted by Gasteiger charge is 2.35. The number of benzene rings is 1. The highest BCUT2D eigenvalue weighted by Crippen LogP contribution is 2.30. The van der Waals surface area contributed by atoms with Gasteiger partial charge >= 0.3 is 0 Å². The van der Waals surface area contributed by atoms with Gasteiger partial charge in [-0.15, -0.1) is 0 Å². The normalized spacial score (nSPS) is 18.3. The number of hydrogen-bond donors (Lipinski definition) is 1. The number of hydrogen-bond acceptors (Lipinski definition) is 4. The molecule has 1 N–H and O–H groups in total. The Morgan fingerprint density at radius 3 is 2.89 bits per heavy atom. The number of nitrogens with zero attached hydrogens (tertiary/aromatic N) is 3. The van der Waals surface area contributed by atoms with Crippen LogP contribution < -0.4 is 15.1 Å². The summed E-state index contributed by atoms with van der Waals surface area (Å²) in [6.45, 7) is 0.848. The number of pyridine rings is 1. The molecule has 2 heterocycles. The summed E-state index contributed by atoms with van der Waals surface area (Å²) in [4.78, 5) is 33.3. The van der Waals surface area contributed by atoms with Crippen LogP contribution in [0.1, 0.15) is 29.5 Å². The molecule has 0 radical (unpaired) electrons. The molecule has 1 fully saturated rings. The molecule has 1 aromatic heterocycles. The summed E-state index contributed by atoms with van der Waals surface area (Å²) in [5.41, 5.74) is 4.60. The molecule has 4 rings (SSSR count). The lowest BCUT2D eigenvalue weighted by molar-refractivity contribution is -0.126. The van der Waals surface area contributed by atoms with E-state index >= 15 is 0 Å². The molecule has 2 amide bonds. The van der Waals surface area contributed by atoms with Crippen LogP contribution in [-0.4, -0.2) is 37.4 Å². The highest BCUT2D eigenvalue weighted by molar-refractivity contribution is 6.00. The third-order valence-electron chi connectivity index (χ3n) is 5.63. The van der Waals surface area contributed by atoms with E-state index in [-0.39, 0.29) is 24.2 Å². The number of carbonyl (C=O) groups excluding carboxylic acids is 2. The first-order valence-electron chi connectivity index (χ1n) is 9.84. The quantitative estimate of drug-likeness (QED) is 0.867. The minimum atomic E-state index is -0.319. The van der Waals surface area contributed by atoms with Gasteiger partial charge in [0.15, 0.2) is 0 Å². The summed E-state index contributed by atoms with van der Waals surface area (Å²) in [6.07, 6.45) is 5.38. The van der Waals surface area contributed by atoms with Crippen molar-refractivity contribution in [3.05, 3.63) is 53.2 Å². The van der Waals surface area contributed by atoms with E-state index in [1.165, 1.54) is 17.5 Å². The summed E-state index contributed by atoms with van der Waals surface area (Å²) < 4.78 is 0. The SMILES string of the molecule is CN(C)c1ncccc1CNC(=O)C1CC(=O)N(c2ccc3c(c2)CCC3)C1. The van der Waals surface area contributed by atoms with Crippen LogP contribution in [0.25, 0.3) is 0 Å². The fraction of sp³-hybridized carbons (Fsp3) is 0.409. The molecule has 1 aliphatic carbocycles. The van der Waals surface area contributed by atoms with E-state index < -0.39 is 0 Å². The lowest BCUT2D eigenvalue weighted by Crippen LogP contribution is -2.33. The third kappa shape index (κ3) is 3.59. The number of nitrogens with one attached hydrogen (secondary N) is 1. The molecule has 1 unspecified atom stereocenters. The second kappa shape index (κ2) is 7.62. The first kappa shape index (κ1) is 18.5. The zero-order chi connectivity index (χ0) is 19.7. The molecule has 2 aromatic rings. The summed E-state index contributed by atoms with van der Waals surface area (Å²) in [6, 6.07) is 10.1. The predicted molar refractivity (Wildman–Crippen MR) is 109 cm³/mol. The number of aryl methyl sites for hydroxylation is 2. The number of amides is 2. The van der Waals surface area contributed by atoms with Gasteiger partial charge < -0.3 is 15.1 Å². The lowest BCUT2D eigenvalue weighted by atomic mass is 10.1. The highest BCUT2D eigenvalue weighted by atomic mass is 16.2. The molecular formula is C22H26N4O2. The van der Waals surface area contributed by atoms with Crippen LogP contribution in [0.5, 0.6) is 0 Å². The van der Waals surface area contributed by atoms with Gasteiger partial charge in [0.25, 0.3) is 0 Å². The first-order chi connectivity index (χ1) is 13.5. The van der Waals surface area contributed by atoms with Gasteiger partial charge in [-0.1, -0.05) is 12.1 Å². The molecule has 0 spiro atoms. The Balaban J connectivity index is 1.41. The van der Waals surface area contributed by atoms with E-state index in [2.05, 4.69) is 22.4 Å². The van der Waals surface area contributed by atoms with Crippen LogP contribution >= 0.6 is 0 Å². The number of fused-ring (bicyclic) bond motifs is 1. The average Bonchev–Trinajstić information content (AvgIpc) is 3.32. The van der Waals surface area contributed by atoms with Crippen LogP contribution in [0.4, 0.5) is 11.5 Å². The van der Waals surface area contributed by atoms with Gasteiger partial charge in [-0.3, -0.25) is 9.59 Å². The van der Waals surface area contributed by atoms with Crippen molar-refractivity contribution in [3.63, 3.8) is 0 Å². The second-order valence-electron chi connectivity index (χ2n) is 7.81. The maximum atomic E-state index is 12.7. The monoisotopic (exact) mass is 378 g/mol. The molecule has 0 saturated carbocycles. The van der Waals surface area contributed by atoms with Crippen molar-refractivity contribution >= 4 is 23.3 Å². The maximum Gasteiger partial charge on any atom is 0.227 e. The van der Waals surface area contributed by atoms with Gasteiger partial charge in [-0.05, 0) is 48.6 Å². The molecule has 6 nitrogen and oxygen atoms in total. The summed E-state index contributed by atoms with van der Waals surface area (Å²) in [5, 5.41) is 2.99. The lowest BCUT2D eigenvalue weighted by Gasteiger charge is -2.19. The minimum Gasteiger partial charge on any atom is -0.362 e. The van der Waals surface area contributed by atoms with Crippen LogP contribution in [-0.2, 0) is 29.0 Å². The Bertz CT molecular complexity index is 909. The molecule has 1 atom stereocenters. The van der Waals surface area contributed by atoms with Crippen LogP contribution in [0, 0.1) is 5.92 Å². The van der Waals surface area contributed by atoms with Crippen molar-refractivity contribution < 1.29 is 9.59 Å². The van der Waals surface area contributed by atoms with Crippen molar-refractivity contribution in [1.29, 1.82) is 0 Å². The van der Waals surface area contributed by atoms with Gasteiger partial charge in [0.05, 0.1) is 5.92 Å². The van der Waals surface area contributed by atoms with E-state index in [0.29, 0.717) is 13.1 Å². The maximum absolute atomic E-state index is 12.7. The number of rotatable bonds is 5. The molecule has 1 aliphatic heterocycles. The molecule has 28 heavy (non-hydrogen) atoms. The predicted octanol–water partition coefficient (Wildman–Crippen LogP) is 2.31. The summed E-state index contributed by atoms with van der Waals surface area (Å²) in [5.74, 6) is 0.462. The standard InChI is InChI=1S/C22H26N4O2/c1-25(2)21-17(7-4-10-23-21)13-24-22(28)18-12-20(27)26(14-18)19-9-8-15-5-3-6-16(15)11-19/h4,7-11,18H,3,5-6,12-14H2,1-2H3,(H,24,28). The molecule has 0 bridgehead atoms. The fourth-order valence-electron chi connectivity index (χ4n) is 4.16. The molecule has 6 heteroatoms. The summed E-state index contributed by atoms with van der Waals surface area (Å²) >= 11 is 0. The van der Waals surface area contributed by atoms with Gasteiger partial charge in [0.2, 0.25) is 11.8 Å². The largest absolute Gasteiger partial charge is 0.362 e. The van der Waals surface area contributed by atoms with Crippen LogP contribution in [0.15, 0.2) is 36.5 Å². The van der Waals surface area contributed by atoms with E-state index in [1.807, 2.05) is 37.2 Å². The Kier molecular flexibility index (Phi) is 5.03. The zero-order valence-electron chi connectivity index (χ0n) is 16.4. The zero-order valence-corrected chi connectivity index (χ0v) is 16.4. The molecular weight excluding hydrogens is 352 g/mol. The number of carbonyl (C=O) groups is 2. The molecule has 1 aromatic carbocycles. The van der Waals surface area contributed by atoms with Crippen molar-refractivity contribution in [2.75, 3.05) is 30.4 Å². The molecule has 146 valence electrons. The topological polar surface area (TPSA) is 65.5 Å². The van der Waals surface area contributed by atoms with E-state index in [0.717, 1.165) is 29.9 Å². The Morgan fingerprint density at radius 2 is 2.07 bits per heavy atom. The third-order valence-corrected chi connectivity index (χ3v) is 5.63. The fourth-order valence-corrected chi connectivity index (χ4v) is 4.16. The van der Waals surface area contributed by atoms with Crippen molar-refractivity contribution in [3.8, 4) is 0 Å². The average molecular weight is 378 g/mol. The van der Waals surface area contributed by atoms with E-state index in [1.54, 1.807) is 11.1 Å². The number of aromatic nitrogens is 1. The van der Waals surface area contributed by atoms with Crippen LogP contribution in [0.3, 0.4) is 0 Å². The Labute approximate surface area is 165 Å². The van der Waals surface area contributed by atoms with Gasteiger partial charge in [-0.2, -0.15) is 0 Å². The van der Waals surface area contributed by atoms with E-state index in [9.17, 15) is 9.59 Å². The van der Waals surface area contributed by atoms with Gasteiger partial charge in [0.1, 0.15) is 5.82 Å². The van der Waals surface area contributed by atoms with E-state index in [4.69, 9.17) is 0 Å². The molecule has 1 saturated heterocycles. The van der Waals surface area contributed by atoms with Crippen molar-refractivity contribution in [2.45, 2.75) is 32.2 Å². The van der Waals surface area contributed by atoms with Crippen molar-refractivity contribution in [1.82, 2.24) is 10.3 Å². The Morgan fingerprint density at radius 1 is 1.25 bits per heavy atom. The Hall–Kier alpha value is -2.89. The summed E-state index contributed by atoms with van der Waals surface area (Å²) in [7, 11) is 3.86. The van der Waals surface area contributed by atoms with Gasteiger partial charge in [0, 0.05) is 51.1 Å². The first-order valence-corrected chi connectivity index (χ1v) is 9.84.